The first-order chi connectivity index (χ1) is 15.6. The molecule has 32 heavy (non-hydrogen) atoms. The van der Waals surface area contributed by atoms with Crippen molar-refractivity contribution < 1.29 is 9.59 Å². The van der Waals surface area contributed by atoms with E-state index >= 15 is 0 Å². The lowest BCUT2D eigenvalue weighted by Crippen LogP contribution is -2.36. The number of nitrogens with two attached hydrogens (primary N) is 1. The van der Waals surface area contributed by atoms with Crippen molar-refractivity contribution in [1.82, 2.24) is 0 Å². The zero-order valence-electron chi connectivity index (χ0n) is 17.1. The van der Waals surface area contributed by atoms with Crippen molar-refractivity contribution in [1.29, 1.82) is 0 Å². The van der Waals surface area contributed by atoms with Crippen molar-refractivity contribution in [2.75, 3.05) is 16.0 Å². The van der Waals surface area contributed by atoms with E-state index in [9.17, 15) is 9.59 Å². The molecule has 0 saturated heterocycles. The number of amides is 2. The second kappa shape index (κ2) is 9.85. The minimum atomic E-state index is -0.730. The first-order valence-electron chi connectivity index (χ1n) is 10.00. The molecule has 0 atom stereocenters. The van der Waals surface area contributed by atoms with Crippen LogP contribution in [-0.4, -0.2) is 11.8 Å². The maximum absolute atomic E-state index is 13.3. The summed E-state index contributed by atoms with van der Waals surface area (Å²) in [5.41, 5.74) is 8.09. The van der Waals surface area contributed by atoms with E-state index in [0.29, 0.717) is 22.7 Å². The Morgan fingerprint density at radius 3 is 1.94 bits per heavy atom. The van der Waals surface area contributed by atoms with Crippen LogP contribution in [0.5, 0.6) is 0 Å². The number of carbonyl (C=O) groups excluding carboxylic acids is 2. The van der Waals surface area contributed by atoms with Crippen LogP contribution in [0.1, 0.15) is 0 Å². The number of para-hydroxylation sites is 2. The third kappa shape index (κ3) is 4.99. The Morgan fingerprint density at radius 2 is 1.25 bits per heavy atom. The molecule has 3 N–H and O–H groups in total. The number of hydrogen-bond donors (Lipinski definition) is 2. The molecule has 0 bridgehead atoms. The van der Waals surface area contributed by atoms with Crippen molar-refractivity contribution in [2.45, 2.75) is 9.79 Å². The van der Waals surface area contributed by atoms with Gasteiger partial charge in [-0.25, -0.2) is 0 Å². The Labute approximate surface area is 190 Å². The Morgan fingerprint density at radius 1 is 0.688 bits per heavy atom. The average Bonchev–Trinajstić information content (AvgIpc) is 2.83. The monoisotopic (exact) mass is 439 g/mol. The summed E-state index contributed by atoms with van der Waals surface area (Å²) >= 11 is 1.52. The number of nitrogens with zero attached hydrogens (tertiary/aromatic N) is 1. The lowest BCUT2D eigenvalue weighted by atomic mass is 10.2. The van der Waals surface area contributed by atoms with E-state index in [-0.39, 0.29) is 0 Å². The molecule has 0 aromatic heterocycles. The Kier molecular flexibility index (Phi) is 6.53. The molecular formula is C26H21N3O2S. The molecule has 6 heteroatoms. The van der Waals surface area contributed by atoms with Gasteiger partial charge in [-0.05, 0) is 60.7 Å². The van der Waals surface area contributed by atoms with Crippen molar-refractivity contribution >= 4 is 46.3 Å². The number of nitrogen functional groups attached to an aromatic ring is 1. The van der Waals surface area contributed by atoms with Crippen LogP contribution in [0.15, 0.2) is 119 Å². The van der Waals surface area contributed by atoms with Crippen molar-refractivity contribution in [3.05, 3.63) is 109 Å². The van der Waals surface area contributed by atoms with E-state index in [1.54, 1.807) is 42.5 Å². The maximum atomic E-state index is 13.3. The Balaban J connectivity index is 1.61. The third-order valence-corrected chi connectivity index (χ3v) is 5.75. The molecule has 0 spiro atoms. The molecule has 0 saturated carbocycles. The zero-order chi connectivity index (χ0) is 22.3. The van der Waals surface area contributed by atoms with Gasteiger partial charge < -0.3 is 11.1 Å². The summed E-state index contributed by atoms with van der Waals surface area (Å²) in [7, 11) is 0. The van der Waals surface area contributed by atoms with Crippen LogP contribution in [0.25, 0.3) is 0 Å². The quantitative estimate of drug-likeness (QED) is 0.308. The van der Waals surface area contributed by atoms with Gasteiger partial charge in [-0.15, -0.1) is 0 Å². The van der Waals surface area contributed by atoms with Gasteiger partial charge in [0, 0.05) is 26.9 Å². The van der Waals surface area contributed by atoms with Crippen molar-refractivity contribution in [3.8, 4) is 0 Å². The minimum absolute atomic E-state index is 0.553. The van der Waals surface area contributed by atoms with Crippen molar-refractivity contribution in [2.24, 2.45) is 0 Å². The summed E-state index contributed by atoms with van der Waals surface area (Å²) < 4.78 is 0. The number of hydrogen-bond acceptors (Lipinski definition) is 4. The van der Waals surface area contributed by atoms with Gasteiger partial charge >= 0.3 is 11.8 Å². The molecular weight excluding hydrogens is 418 g/mol. The molecule has 0 aliphatic heterocycles. The molecule has 0 radical (unpaired) electrons. The fourth-order valence-electron chi connectivity index (χ4n) is 3.14. The SMILES string of the molecule is Nc1ccc(N(C(=O)C(=O)Nc2ccccc2Sc2ccccc2)c2ccccc2)cc1. The lowest BCUT2D eigenvalue weighted by Gasteiger charge is -2.23. The first-order valence-corrected chi connectivity index (χ1v) is 10.8. The summed E-state index contributed by atoms with van der Waals surface area (Å²) in [4.78, 5) is 29.6. The molecule has 4 aromatic carbocycles. The Hall–Kier alpha value is -4.03. The average molecular weight is 440 g/mol. The van der Waals surface area contributed by atoms with Gasteiger partial charge in [0.05, 0.1) is 5.69 Å². The van der Waals surface area contributed by atoms with Crippen LogP contribution in [0.3, 0.4) is 0 Å². The molecule has 158 valence electrons. The van der Waals surface area contributed by atoms with Crippen LogP contribution in [0, 0.1) is 0 Å². The summed E-state index contributed by atoms with van der Waals surface area (Å²) in [6, 6.07) is 33.1. The van der Waals surface area contributed by atoms with E-state index in [4.69, 9.17) is 5.73 Å². The largest absolute Gasteiger partial charge is 0.399 e. The van der Waals surface area contributed by atoms with Crippen LogP contribution in [-0.2, 0) is 9.59 Å². The summed E-state index contributed by atoms with van der Waals surface area (Å²) in [6.45, 7) is 0. The number of rotatable bonds is 5. The van der Waals surface area contributed by atoms with Crippen LogP contribution >= 0.6 is 11.8 Å². The predicted octanol–water partition coefficient (Wildman–Crippen LogP) is 5.72. The van der Waals surface area contributed by atoms with Crippen LogP contribution in [0.4, 0.5) is 22.7 Å². The third-order valence-electron chi connectivity index (χ3n) is 4.67. The molecule has 2 amide bonds. The fourth-order valence-corrected chi connectivity index (χ4v) is 4.06. The predicted molar refractivity (Wildman–Crippen MR) is 130 cm³/mol. The molecule has 0 heterocycles. The minimum Gasteiger partial charge on any atom is -0.399 e. The second-order valence-corrected chi connectivity index (χ2v) is 8.05. The Bertz CT molecular complexity index is 1210. The molecule has 0 aliphatic rings. The molecule has 0 aliphatic carbocycles. The molecule has 0 unspecified atom stereocenters. The topological polar surface area (TPSA) is 75.4 Å². The first kappa shape index (κ1) is 21.2. The van der Waals surface area contributed by atoms with Gasteiger partial charge in [-0.1, -0.05) is 60.3 Å². The van der Waals surface area contributed by atoms with Crippen LogP contribution in [0.2, 0.25) is 0 Å². The van der Waals surface area contributed by atoms with Gasteiger partial charge in [0.15, 0.2) is 0 Å². The van der Waals surface area contributed by atoms with Gasteiger partial charge in [-0.3, -0.25) is 14.5 Å². The number of anilines is 4. The maximum Gasteiger partial charge on any atom is 0.321 e. The number of carbonyl (C=O) groups is 2. The van der Waals surface area contributed by atoms with E-state index in [1.165, 1.54) is 16.7 Å². The lowest BCUT2D eigenvalue weighted by molar-refractivity contribution is -0.134. The van der Waals surface area contributed by atoms with Crippen LogP contribution < -0.4 is 16.0 Å². The standard InChI is InChI=1S/C26H21N3O2S/c27-19-15-17-21(18-16-19)29(20-9-3-1-4-10-20)26(31)25(30)28-23-13-7-8-14-24(23)32-22-11-5-2-6-12-22/h1-18H,27H2,(H,28,30). The number of benzene rings is 4. The summed E-state index contributed by atoms with van der Waals surface area (Å²) in [5, 5.41) is 2.79. The summed E-state index contributed by atoms with van der Waals surface area (Å²) in [6.07, 6.45) is 0. The molecule has 4 rings (SSSR count). The highest BCUT2D eigenvalue weighted by Gasteiger charge is 2.25. The zero-order valence-corrected chi connectivity index (χ0v) is 18.0. The molecule has 5 nitrogen and oxygen atoms in total. The van der Waals surface area contributed by atoms with E-state index in [1.807, 2.05) is 66.7 Å². The number of nitrogens with one attached hydrogen (secondary N) is 1. The van der Waals surface area contributed by atoms with Crippen molar-refractivity contribution in [3.63, 3.8) is 0 Å². The van der Waals surface area contributed by atoms with Gasteiger partial charge in [0.25, 0.3) is 0 Å². The highest BCUT2D eigenvalue weighted by Crippen LogP contribution is 2.33. The normalized spacial score (nSPS) is 10.4. The van der Waals surface area contributed by atoms with E-state index < -0.39 is 11.8 Å². The van der Waals surface area contributed by atoms with Gasteiger partial charge in [0.1, 0.15) is 0 Å². The highest BCUT2D eigenvalue weighted by atomic mass is 32.2. The molecule has 0 fully saturated rings. The van der Waals surface area contributed by atoms with Gasteiger partial charge in [0.2, 0.25) is 0 Å². The summed E-state index contributed by atoms with van der Waals surface area (Å²) in [5.74, 6) is -1.42. The van der Waals surface area contributed by atoms with E-state index in [2.05, 4.69) is 5.32 Å². The van der Waals surface area contributed by atoms with E-state index in [0.717, 1.165) is 9.79 Å². The smallest absolute Gasteiger partial charge is 0.321 e. The fraction of sp³-hybridized carbons (Fsp3) is 0. The second-order valence-electron chi connectivity index (χ2n) is 6.93. The molecule has 4 aromatic rings. The van der Waals surface area contributed by atoms with Gasteiger partial charge in [-0.2, -0.15) is 0 Å². The highest BCUT2D eigenvalue weighted by molar-refractivity contribution is 7.99.